The third-order valence-electron chi connectivity index (χ3n) is 5.54. The van der Waals surface area contributed by atoms with Gasteiger partial charge in [-0.1, -0.05) is 78.9 Å². The molecule has 4 nitrogen and oxygen atoms in total. The molecular weight excluding hydrogens is 348 g/mol. The Morgan fingerprint density at radius 2 is 1.32 bits per heavy atom. The van der Waals surface area contributed by atoms with Gasteiger partial charge in [-0.25, -0.2) is 0 Å². The molecule has 3 aromatic rings. The topological polar surface area (TPSA) is 58.2 Å². The van der Waals surface area contributed by atoms with Gasteiger partial charge in [0.05, 0.1) is 5.92 Å². The van der Waals surface area contributed by atoms with Crippen LogP contribution < -0.4 is 10.9 Å². The highest BCUT2D eigenvalue weighted by atomic mass is 16.2. The molecule has 28 heavy (non-hydrogen) atoms. The molecule has 2 N–H and O–H groups in total. The number of carbonyl (C=O) groups is 2. The first kappa shape index (κ1) is 18.0. The molecular formula is C24H22N2O2. The molecule has 0 saturated heterocycles. The number of carbonyl (C=O) groups excluding carboxylic acids is 2. The normalized spacial score (nSPS) is 16.8. The highest BCUT2D eigenvalue weighted by molar-refractivity contribution is 5.97. The number of hydrazine groups is 1. The summed E-state index contributed by atoms with van der Waals surface area (Å²) in [6.45, 7) is 1.87. The summed E-state index contributed by atoms with van der Waals surface area (Å²) < 4.78 is 0. The fourth-order valence-corrected chi connectivity index (χ4v) is 3.96. The lowest BCUT2D eigenvalue weighted by Crippen LogP contribution is -2.43. The standard InChI is InChI=1S/C24H22N2O2/c1-17-10-8-9-15-20(17)22(27)25-26-23(28)21-16-24(21,18-11-4-2-5-12-18)19-13-6-3-7-14-19/h2-15,21H,16H2,1H3,(H,25,27)(H,26,28)/t21-/m0/s1. The van der Waals surface area contributed by atoms with Gasteiger partial charge in [0, 0.05) is 11.0 Å². The van der Waals surface area contributed by atoms with E-state index in [0.717, 1.165) is 16.7 Å². The van der Waals surface area contributed by atoms with Gasteiger partial charge in [-0.15, -0.1) is 0 Å². The lowest BCUT2D eigenvalue weighted by Gasteiger charge is -2.19. The number of rotatable bonds is 4. The summed E-state index contributed by atoms with van der Waals surface area (Å²) in [5.74, 6) is -0.707. The fourth-order valence-electron chi connectivity index (χ4n) is 3.96. The maximum Gasteiger partial charge on any atom is 0.269 e. The third kappa shape index (κ3) is 3.18. The van der Waals surface area contributed by atoms with Gasteiger partial charge in [-0.2, -0.15) is 0 Å². The zero-order valence-electron chi connectivity index (χ0n) is 15.7. The van der Waals surface area contributed by atoms with Gasteiger partial charge in [0.2, 0.25) is 5.91 Å². The first-order valence-electron chi connectivity index (χ1n) is 9.40. The van der Waals surface area contributed by atoms with Crippen molar-refractivity contribution in [3.63, 3.8) is 0 Å². The first-order chi connectivity index (χ1) is 13.6. The van der Waals surface area contributed by atoms with Gasteiger partial charge in [0.25, 0.3) is 5.91 Å². The van der Waals surface area contributed by atoms with Gasteiger partial charge in [0.15, 0.2) is 0 Å². The molecule has 2 amide bonds. The summed E-state index contributed by atoms with van der Waals surface area (Å²) in [6.07, 6.45) is 0.715. The molecule has 4 heteroatoms. The SMILES string of the molecule is Cc1ccccc1C(=O)NNC(=O)[C@@H]1CC1(c1ccccc1)c1ccccc1. The van der Waals surface area contributed by atoms with E-state index in [9.17, 15) is 9.59 Å². The van der Waals surface area contributed by atoms with E-state index in [-0.39, 0.29) is 23.1 Å². The number of benzene rings is 3. The van der Waals surface area contributed by atoms with E-state index in [4.69, 9.17) is 0 Å². The van der Waals surface area contributed by atoms with Crippen molar-refractivity contribution in [2.75, 3.05) is 0 Å². The zero-order chi connectivity index (χ0) is 19.6. The second-order valence-corrected chi connectivity index (χ2v) is 7.22. The summed E-state index contributed by atoms with van der Waals surface area (Å²) in [5.41, 5.74) is 8.49. The van der Waals surface area contributed by atoms with Crippen LogP contribution in [-0.2, 0) is 10.2 Å². The van der Waals surface area contributed by atoms with Crippen LogP contribution in [0.1, 0.15) is 33.5 Å². The predicted molar refractivity (Wildman–Crippen MR) is 109 cm³/mol. The molecule has 140 valence electrons. The first-order valence-corrected chi connectivity index (χ1v) is 9.40. The van der Waals surface area contributed by atoms with Crippen molar-refractivity contribution >= 4 is 11.8 Å². The van der Waals surface area contributed by atoms with E-state index in [1.807, 2.05) is 55.5 Å². The third-order valence-corrected chi connectivity index (χ3v) is 5.54. The average Bonchev–Trinajstić information content (AvgIpc) is 3.51. The van der Waals surface area contributed by atoms with Crippen LogP contribution in [0, 0.1) is 12.8 Å². The number of aryl methyl sites for hydroxylation is 1. The summed E-state index contributed by atoms with van der Waals surface area (Å²) in [4.78, 5) is 25.3. The van der Waals surface area contributed by atoms with Gasteiger partial charge in [0.1, 0.15) is 0 Å². The number of nitrogens with one attached hydrogen (secondary N) is 2. The van der Waals surface area contributed by atoms with E-state index in [2.05, 4.69) is 35.1 Å². The zero-order valence-corrected chi connectivity index (χ0v) is 15.7. The van der Waals surface area contributed by atoms with E-state index >= 15 is 0 Å². The molecule has 1 fully saturated rings. The molecule has 0 aliphatic heterocycles. The minimum atomic E-state index is -0.347. The number of hydrogen-bond donors (Lipinski definition) is 2. The molecule has 0 bridgehead atoms. The Bertz CT molecular complexity index is 960. The minimum absolute atomic E-state index is 0.172. The van der Waals surface area contributed by atoms with Crippen LogP contribution >= 0.6 is 0 Å². The summed E-state index contributed by atoms with van der Waals surface area (Å²) in [6, 6.07) is 27.5. The van der Waals surface area contributed by atoms with Crippen LogP contribution in [0.25, 0.3) is 0 Å². The molecule has 0 aromatic heterocycles. The molecule has 3 aromatic carbocycles. The Labute approximate surface area is 164 Å². The van der Waals surface area contributed by atoms with Gasteiger partial charge in [-0.05, 0) is 36.1 Å². The lowest BCUT2D eigenvalue weighted by atomic mass is 9.85. The largest absolute Gasteiger partial charge is 0.273 e. The summed E-state index contributed by atoms with van der Waals surface area (Å²) in [5, 5.41) is 0. The fraction of sp³-hybridized carbons (Fsp3) is 0.167. The van der Waals surface area contributed by atoms with Crippen molar-refractivity contribution in [3.05, 3.63) is 107 Å². The van der Waals surface area contributed by atoms with Crippen molar-refractivity contribution in [2.45, 2.75) is 18.8 Å². The molecule has 0 spiro atoms. The molecule has 1 aliphatic rings. The molecule has 0 heterocycles. The van der Waals surface area contributed by atoms with Crippen LogP contribution in [0.15, 0.2) is 84.9 Å². The van der Waals surface area contributed by atoms with E-state index in [1.54, 1.807) is 12.1 Å². The Morgan fingerprint density at radius 3 is 1.89 bits per heavy atom. The van der Waals surface area contributed by atoms with Crippen molar-refractivity contribution in [1.29, 1.82) is 0 Å². The Morgan fingerprint density at radius 1 is 0.786 bits per heavy atom. The van der Waals surface area contributed by atoms with Gasteiger partial charge in [-0.3, -0.25) is 20.4 Å². The van der Waals surface area contributed by atoms with Crippen molar-refractivity contribution in [3.8, 4) is 0 Å². The van der Waals surface area contributed by atoms with E-state index < -0.39 is 0 Å². The van der Waals surface area contributed by atoms with Crippen LogP contribution in [-0.4, -0.2) is 11.8 Å². The van der Waals surface area contributed by atoms with Crippen molar-refractivity contribution < 1.29 is 9.59 Å². The van der Waals surface area contributed by atoms with Crippen molar-refractivity contribution in [1.82, 2.24) is 10.9 Å². The van der Waals surface area contributed by atoms with Crippen LogP contribution in [0.4, 0.5) is 0 Å². The molecule has 1 aliphatic carbocycles. The quantitative estimate of drug-likeness (QED) is 0.687. The summed E-state index contributed by atoms with van der Waals surface area (Å²) >= 11 is 0. The molecule has 0 radical (unpaired) electrons. The Hall–Kier alpha value is -3.40. The predicted octanol–water partition coefficient (Wildman–Crippen LogP) is 3.76. The van der Waals surface area contributed by atoms with Gasteiger partial charge >= 0.3 is 0 Å². The second-order valence-electron chi connectivity index (χ2n) is 7.22. The highest BCUT2D eigenvalue weighted by Crippen LogP contribution is 2.58. The lowest BCUT2D eigenvalue weighted by molar-refractivity contribution is -0.123. The molecule has 4 rings (SSSR count). The monoisotopic (exact) mass is 370 g/mol. The van der Waals surface area contributed by atoms with Crippen LogP contribution in [0.3, 0.4) is 0 Å². The van der Waals surface area contributed by atoms with E-state index in [1.165, 1.54) is 0 Å². The summed E-state index contributed by atoms with van der Waals surface area (Å²) in [7, 11) is 0. The van der Waals surface area contributed by atoms with E-state index in [0.29, 0.717) is 12.0 Å². The van der Waals surface area contributed by atoms with Crippen molar-refractivity contribution in [2.24, 2.45) is 5.92 Å². The molecule has 1 atom stereocenters. The smallest absolute Gasteiger partial charge is 0.269 e. The number of hydrogen-bond acceptors (Lipinski definition) is 2. The highest BCUT2D eigenvalue weighted by Gasteiger charge is 2.60. The number of amides is 2. The Kier molecular flexibility index (Phi) is 4.70. The maximum atomic E-state index is 12.9. The maximum absolute atomic E-state index is 12.9. The Balaban J connectivity index is 1.52. The van der Waals surface area contributed by atoms with Crippen LogP contribution in [0.2, 0.25) is 0 Å². The second kappa shape index (κ2) is 7.31. The van der Waals surface area contributed by atoms with Crippen LogP contribution in [0.5, 0.6) is 0 Å². The average molecular weight is 370 g/mol. The minimum Gasteiger partial charge on any atom is -0.273 e. The van der Waals surface area contributed by atoms with Gasteiger partial charge < -0.3 is 0 Å². The molecule has 0 unspecified atom stereocenters. The molecule has 1 saturated carbocycles.